The standard InChI is InChI=1S/C14H8O14S2/c15-11(16)4-2-1-3-5(6(4)12(17)18)7(13(19)20)8(14(21)22)10(30(26,27)28)9(3)29(23,24)25/h1-2H,(H,15,16)(H,17,18)(H,19,20)(H,21,22)(H,23,24,25)(H,26,27,28). The van der Waals surface area contributed by atoms with Gasteiger partial charge in [-0.25, -0.2) is 19.2 Å². The van der Waals surface area contributed by atoms with Crippen LogP contribution in [0, 0.1) is 0 Å². The summed E-state index contributed by atoms with van der Waals surface area (Å²) in [6.45, 7) is 0. The number of carboxylic acid groups (broad SMARTS) is 4. The molecule has 0 saturated heterocycles. The fourth-order valence-electron chi connectivity index (χ4n) is 2.85. The Kier molecular flexibility index (Phi) is 5.31. The summed E-state index contributed by atoms with van der Waals surface area (Å²) in [7, 11) is -11.6. The van der Waals surface area contributed by atoms with Crippen molar-refractivity contribution in [2.45, 2.75) is 9.79 Å². The Labute approximate surface area is 165 Å². The monoisotopic (exact) mass is 464 g/mol. The van der Waals surface area contributed by atoms with Crippen LogP contribution in [0.4, 0.5) is 0 Å². The van der Waals surface area contributed by atoms with E-state index in [2.05, 4.69) is 0 Å². The van der Waals surface area contributed by atoms with E-state index >= 15 is 0 Å². The summed E-state index contributed by atoms with van der Waals surface area (Å²) in [5.74, 6) is -8.81. The van der Waals surface area contributed by atoms with Gasteiger partial charge in [0.15, 0.2) is 0 Å². The topological polar surface area (TPSA) is 258 Å². The highest BCUT2D eigenvalue weighted by molar-refractivity contribution is 7.89. The molecule has 0 unspecified atom stereocenters. The number of fused-ring (bicyclic) bond motifs is 1. The third-order valence-corrected chi connectivity index (χ3v) is 5.76. The zero-order valence-electron chi connectivity index (χ0n) is 13.9. The summed E-state index contributed by atoms with van der Waals surface area (Å²) in [5, 5.41) is 34.8. The molecule has 14 nitrogen and oxygen atoms in total. The number of rotatable bonds is 6. The molecule has 0 aliphatic heterocycles. The van der Waals surface area contributed by atoms with E-state index in [4.69, 9.17) is 5.11 Å². The van der Waals surface area contributed by atoms with Crippen molar-refractivity contribution in [2.75, 3.05) is 0 Å². The lowest BCUT2D eigenvalue weighted by molar-refractivity contribution is 0.0645. The summed E-state index contributed by atoms with van der Waals surface area (Å²) < 4.78 is 66.0. The highest BCUT2D eigenvalue weighted by Crippen LogP contribution is 2.39. The maximum absolute atomic E-state index is 11.8. The number of carbonyl (C=O) groups is 4. The molecule has 0 atom stereocenters. The molecular formula is C14H8O14S2. The van der Waals surface area contributed by atoms with Gasteiger partial charge in [0.05, 0.1) is 22.3 Å². The molecule has 0 aromatic heterocycles. The van der Waals surface area contributed by atoms with Gasteiger partial charge in [0.2, 0.25) is 0 Å². The van der Waals surface area contributed by atoms with Gasteiger partial charge in [0.1, 0.15) is 9.79 Å². The quantitative estimate of drug-likeness (QED) is 0.310. The van der Waals surface area contributed by atoms with Crippen molar-refractivity contribution in [1.82, 2.24) is 0 Å². The van der Waals surface area contributed by atoms with Gasteiger partial charge in [0.25, 0.3) is 20.2 Å². The van der Waals surface area contributed by atoms with Crippen molar-refractivity contribution in [3.8, 4) is 0 Å². The van der Waals surface area contributed by atoms with Gasteiger partial charge in [-0.1, -0.05) is 6.07 Å². The Balaban J connectivity index is 3.63. The van der Waals surface area contributed by atoms with Crippen molar-refractivity contribution in [1.29, 1.82) is 0 Å². The van der Waals surface area contributed by atoms with Crippen LogP contribution in [-0.4, -0.2) is 70.2 Å². The zero-order chi connectivity index (χ0) is 23.3. The van der Waals surface area contributed by atoms with Crippen LogP contribution in [0.25, 0.3) is 10.8 Å². The van der Waals surface area contributed by atoms with E-state index in [-0.39, 0.29) is 0 Å². The second kappa shape index (κ2) is 7.02. The highest BCUT2D eigenvalue weighted by atomic mass is 32.2. The first-order valence-corrected chi connectivity index (χ1v) is 9.94. The Hall–Kier alpha value is -3.60. The van der Waals surface area contributed by atoms with Gasteiger partial charge < -0.3 is 20.4 Å². The van der Waals surface area contributed by atoms with Gasteiger partial charge >= 0.3 is 23.9 Å². The molecule has 0 spiro atoms. The van der Waals surface area contributed by atoms with E-state index in [9.17, 15) is 60.4 Å². The van der Waals surface area contributed by atoms with Crippen molar-refractivity contribution < 1.29 is 65.5 Å². The second-order valence-corrected chi connectivity index (χ2v) is 8.21. The van der Waals surface area contributed by atoms with Gasteiger partial charge in [-0.2, -0.15) is 16.8 Å². The third-order valence-electron chi connectivity index (χ3n) is 3.77. The number of aromatic carboxylic acids is 4. The molecule has 0 fully saturated rings. The molecule has 0 aliphatic carbocycles. The minimum Gasteiger partial charge on any atom is -0.478 e. The van der Waals surface area contributed by atoms with E-state index in [1.54, 1.807) is 0 Å². The fraction of sp³-hybridized carbons (Fsp3) is 0. The summed E-state index contributed by atoms with van der Waals surface area (Å²) in [5.41, 5.74) is -6.05. The van der Waals surface area contributed by atoms with Crippen molar-refractivity contribution >= 4 is 54.9 Å². The average molecular weight is 464 g/mol. The van der Waals surface area contributed by atoms with Crippen LogP contribution < -0.4 is 0 Å². The summed E-state index contributed by atoms with van der Waals surface area (Å²) in [4.78, 5) is 42.5. The van der Waals surface area contributed by atoms with Crippen LogP contribution >= 0.6 is 0 Å². The first kappa shape index (κ1) is 22.7. The van der Waals surface area contributed by atoms with E-state index in [1.165, 1.54) is 0 Å². The molecule has 160 valence electrons. The van der Waals surface area contributed by atoms with Gasteiger partial charge in [-0.15, -0.1) is 0 Å². The Morgan fingerprint density at radius 1 is 0.600 bits per heavy atom. The first-order chi connectivity index (χ1) is 13.5. The number of carboxylic acids is 4. The Bertz CT molecular complexity index is 1380. The number of hydrogen-bond acceptors (Lipinski definition) is 8. The Morgan fingerprint density at radius 2 is 1.03 bits per heavy atom. The predicted octanol–water partition coefficient (Wildman–Crippen LogP) is 0.126. The SMILES string of the molecule is O=C(O)c1ccc2c(S(=O)(=O)O)c(S(=O)(=O)O)c(C(=O)O)c(C(=O)O)c2c1C(=O)O. The van der Waals surface area contributed by atoms with E-state index in [0.717, 1.165) is 0 Å². The van der Waals surface area contributed by atoms with Crippen molar-refractivity contribution in [3.05, 3.63) is 34.4 Å². The molecule has 0 heterocycles. The third kappa shape index (κ3) is 3.54. The molecule has 6 N–H and O–H groups in total. The molecule has 0 radical (unpaired) electrons. The molecule has 0 bridgehead atoms. The van der Waals surface area contributed by atoms with Gasteiger partial charge in [-0.3, -0.25) is 9.11 Å². The maximum atomic E-state index is 11.8. The molecular weight excluding hydrogens is 456 g/mol. The first-order valence-electron chi connectivity index (χ1n) is 7.06. The molecule has 30 heavy (non-hydrogen) atoms. The predicted molar refractivity (Wildman–Crippen MR) is 91.4 cm³/mol. The van der Waals surface area contributed by atoms with Crippen LogP contribution in [0.1, 0.15) is 41.4 Å². The molecule has 16 heteroatoms. The van der Waals surface area contributed by atoms with E-state index < -0.39 is 86.9 Å². The maximum Gasteiger partial charge on any atom is 0.338 e. The lowest BCUT2D eigenvalue weighted by Gasteiger charge is -2.17. The van der Waals surface area contributed by atoms with Crippen LogP contribution in [0.2, 0.25) is 0 Å². The van der Waals surface area contributed by atoms with E-state index in [1.807, 2.05) is 0 Å². The lowest BCUT2D eigenvalue weighted by Crippen LogP contribution is -2.21. The highest BCUT2D eigenvalue weighted by Gasteiger charge is 2.39. The molecule has 0 amide bonds. The zero-order valence-corrected chi connectivity index (χ0v) is 15.6. The van der Waals surface area contributed by atoms with E-state index in [0.29, 0.717) is 12.1 Å². The Morgan fingerprint density at radius 3 is 1.37 bits per heavy atom. The molecule has 2 aromatic rings. The number of hydrogen-bond donors (Lipinski definition) is 6. The second-order valence-electron chi connectivity index (χ2n) is 5.49. The molecule has 2 rings (SSSR count). The van der Waals surface area contributed by atoms with Gasteiger partial charge in [0, 0.05) is 10.8 Å². The normalized spacial score (nSPS) is 11.9. The summed E-state index contributed by atoms with van der Waals surface area (Å²) in [6.07, 6.45) is 0. The average Bonchev–Trinajstić information content (AvgIpc) is 2.55. The molecule has 0 saturated carbocycles. The lowest BCUT2D eigenvalue weighted by atomic mass is 9.91. The van der Waals surface area contributed by atoms with Crippen molar-refractivity contribution in [3.63, 3.8) is 0 Å². The largest absolute Gasteiger partial charge is 0.478 e. The number of benzene rings is 2. The van der Waals surface area contributed by atoms with Crippen LogP contribution in [0.5, 0.6) is 0 Å². The minimum atomic E-state index is -5.85. The summed E-state index contributed by atoms with van der Waals surface area (Å²) in [6, 6.07) is 0.906. The molecule has 0 aliphatic rings. The van der Waals surface area contributed by atoms with Crippen LogP contribution in [-0.2, 0) is 20.2 Å². The van der Waals surface area contributed by atoms with Crippen molar-refractivity contribution in [2.24, 2.45) is 0 Å². The van der Waals surface area contributed by atoms with Gasteiger partial charge in [-0.05, 0) is 6.07 Å². The van der Waals surface area contributed by atoms with Crippen LogP contribution in [0.3, 0.4) is 0 Å². The smallest absolute Gasteiger partial charge is 0.338 e. The van der Waals surface area contributed by atoms with Crippen LogP contribution in [0.15, 0.2) is 21.9 Å². The summed E-state index contributed by atoms with van der Waals surface area (Å²) >= 11 is 0. The molecule has 2 aromatic carbocycles. The minimum absolute atomic E-state index is 0.446. The fourth-order valence-corrected chi connectivity index (χ4v) is 5.05.